The van der Waals surface area contributed by atoms with Crippen LogP contribution in [0.15, 0.2) is 51.1 Å². The number of fused-ring (bicyclic) bond motifs is 2. The predicted octanol–water partition coefficient (Wildman–Crippen LogP) is 4.54. The van der Waals surface area contributed by atoms with Gasteiger partial charge in [0.15, 0.2) is 0 Å². The van der Waals surface area contributed by atoms with Crippen molar-refractivity contribution >= 4 is 23.5 Å². The summed E-state index contributed by atoms with van der Waals surface area (Å²) in [7, 11) is 2.19. The Balaban J connectivity index is 1.77. The Hall–Kier alpha value is -1.01. The van der Waals surface area contributed by atoms with Crippen LogP contribution in [-0.4, -0.2) is 49.3 Å². The molecule has 0 N–H and O–H groups in total. The molecule has 2 aromatic carbocycles. The second-order valence-electron chi connectivity index (χ2n) is 6.82. The van der Waals surface area contributed by atoms with Gasteiger partial charge in [-0.2, -0.15) is 0 Å². The topological polar surface area (TPSA) is 6.48 Å². The van der Waals surface area contributed by atoms with Crippen LogP contribution in [0.5, 0.6) is 0 Å². The first-order valence-electron chi connectivity index (χ1n) is 8.71. The molecule has 2 nitrogen and oxygen atoms in total. The van der Waals surface area contributed by atoms with Gasteiger partial charge in [0.2, 0.25) is 0 Å². The van der Waals surface area contributed by atoms with Crippen LogP contribution in [0.4, 0.5) is 4.39 Å². The number of benzene rings is 2. The summed E-state index contributed by atoms with van der Waals surface area (Å²) in [5, 5.41) is 0. The van der Waals surface area contributed by atoms with Crippen molar-refractivity contribution in [1.29, 1.82) is 0 Å². The zero-order valence-corrected chi connectivity index (χ0v) is 16.3. The van der Waals surface area contributed by atoms with Crippen molar-refractivity contribution in [3.05, 3.63) is 53.3 Å². The van der Waals surface area contributed by atoms with E-state index in [1.165, 1.54) is 20.9 Å². The maximum Gasteiger partial charge on any atom is 0.124 e. The molecule has 1 saturated heterocycles. The van der Waals surface area contributed by atoms with E-state index in [0.29, 0.717) is 6.04 Å². The number of nitrogens with zero attached hydrogens (tertiary/aromatic N) is 2. The molecule has 2 heterocycles. The normalized spacial score (nSPS) is 21.5. The Labute approximate surface area is 157 Å². The van der Waals surface area contributed by atoms with E-state index in [2.05, 4.69) is 41.3 Å². The van der Waals surface area contributed by atoms with Gasteiger partial charge in [-0.05, 0) is 61.2 Å². The lowest BCUT2D eigenvalue weighted by atomic mass is 9.96. The predicted molar refractivity (Wildman–Crippen MR) is 104 cm³/mol. The summed E-state index contributed by atoms with van der Waals surface area (Å²) < 4.78 is 13.8. The zero-order chi connectivity index (χ0) is 17.4. The highest BCUT2D eigenvalue weighted by Crippen LogP contribution is 2.44. The summed E-state index contributed by atoms with van der Waals surface area (Å²) in [6.45, 7) is 4.39. The lowest BCUT2D eigenvalue weighted by Crippen LogP contribution is -2.46. The van der Waals surface area contributed by atoms with E-state index in [-0.39, 0.29) is 5.82 Å². The number of likely N-dealkylation sites (N-methyl/N-ethyl adjacent to an activating group) is 1. The number of halogens is 1. The molecule has 5 heteroatoms. The Morgan fingerprint density at radius 1 is 1.04 bits per heavy atom. The summed E-state index contributed by atoms with van der Waals surface area (Å²) in [4.78, 5) is 8.64. The number of hydrogen-bond donors (Lipinski definition) is 0. The van der Waals surface area contributed by atoms with Gasteiger partial charge in [-0.1, -0.05) is 17.8 Å². The van der Waals surface area contributed by atoms with Gasteiger partial charge >= 0.3 is 0 Å². The molecule has 2 aliphatic rings. The standard InChI is InChI=1S/C20H23FN2S2/c1-22-7-9-23(10-8-22)18-11-14-3-4-15(21)12-20(14)25-19-6-5-16(24-2)13-17(18)19/h3-6,12-13,18H,7-11H2,1-2H3/t18-/m1/s1. The zero-order valence-electron chi connectivity index (χ0n) is 14.7. The van der Waals surface area contributed by atoms with Crippen LogP contribution in [-0.2, 0) is 6.42 Å². The van der Waals surface area contributed by atoms with E-state index in [1.807, 2.05) is 6.07 Å². The van der Waals surface area contributed by atoms with E-state index in [4.69, 9.17) is 0 Å². The largest absolute Gasteiger partial charge is 0.304 e. The van der Waals surface area contributed by atoms with Crippen molar-refractivity contribution in [2.45, 2.75) is 27.1 Å². The van der Waals surface area contributed by atoms with Gasteiger partial charge in [0.05, 0.1) is 0 Å². The Morgan fingerprint density at radius 3 is 2.60 bits per heavy atom. The van der Waals surface area contributed by atoms with Gasteiger partial charge in [0.25, 0.3) is 0 Å². The fourth-order valence-corrected chi connectivity index (χ4v) is 5.28. The molecular weight excluding hydrogens is 351 g/mol. The number of hydrogen-bond acceptors (Lipinski definition) is 4. The van der Waals surface area contributed by atoms with E-state index < -0.39 is 0 Å². The third-order valence-electron chi connectivity index (χ3n) is 5.22. The summed E-state index contributed by atoms with van der Waals surface area (Å²) in [6, 6.07) is 12.4. The van der Waals surface area contributed by atoms with Crippen molar-refractivity contribution in [1.82, 2.24) is 9.80 Å². The minimum Gasteiger partial charge on any atom is -0.304 e. The van der Waals surface area contributed by atoms with E-state index in [9.17, 15) is 4.39 Å². The second kappa shape index (κ2) is 7.31. The van der Waals surface area contributed by atoms with Crippen molar-refractivity contribution in [3.8, 4) is 0 Å². The molecule has 0 bridgehead atoms. The summed E-state index contributed by atoms with van der Waals surface area (Å²) in [5.74, 6) is -0.147. The third-order valence-corrected chi connectivity index (χ3v) is 7.13. The van der Waals surface area contributed by atoms with Crippen LogP contribution in [0.2, 0.25) is 0 Å². The number of piperazine rings is 1. The smallest absolute Gasteiger partial charge is 0.124 e. The number of rotatable bonds is 2. The highest BCUT2D eigenvalue weighted by molar-refractivity contribution is 7.99. The molecule has 0 amide bonds. The molecule has 0 spiro atoms. The second-order valence-corrected chi connectivity index (χ2v) is 8.78. The average molecular weight is 375 g/mol. The highest BCUT2D eigenvalue weighted by atomic mass is 32.2. The molecule has 0 aliphatic carbocycles. The average Bonchev–Trinajstić information content (AvgIpc) is 2.78. The van der Waals surface area contributed by atoms with Crippen LogP contribution in [0.1, 0.15) is 17.2 Å². The van der Waals surface area contributed by atoms with Gasteiger partial charge < -0.3 is 4.90 Å². The SMILES string of the molecule is CSc1ccc2c(c1)[C@H](N1CCN(C)CC1)Cc1ccc(F)cc1S2. The Bertz CT molecular complexity index is 772. The van der Waals surface area contributed by atoms with Gasteiger partial charge in [-0.3, -0.25) is 4.90 Å². The Kier molecular flexibility index (Phi) is 5.09. The molecule has 1 atom stereocenters. The van der Waals surface area contributed by atoms with Crippen molar-refractivity contribution < 1.29 is 4.39 Å². The molecular formula is C20H23FN2S2. The fourth-order valence-electron chi connectivity index (χ4n) is 3.70. The van der Waals surface area contributed by atoms with Gasteiger partial charge in [0, 0.05) is 46.9 Å². The quantitative estimate of drug-likeness (QED) is 0.712. The molecule has 132 valence electrons. The van der Waals surface area contributed by atoms with Crippen LogP contribution in [0.3, 0.4) is 0 Å². The first-order chi connectivity index (χ1) is 12.1. The first kappa shape index (κ1) is 17.4. The summed E-state index contributed by atoms with van der Waals surface area (Å²) >= 11 is 3.51. The number of thioether (sulfide) groups is 1. The van der Waals surface area contributed by atoms with Crippen LogP contribution in [0, 0.1) is 5.82 Å². The van der Waals surface area contributed by atoms with E-state index in [1.54, 1.807) is 35.7 Å². The van der Waals surface area contributed by atoms with Gasteiger partial charge in [-0.15, -0.1) is 11.8 Å². The lowest BCUT2D eigenvalue weighted by molar-refractivity contribution is 0.109. The van der Waals surface area contributed by atoms with Crippen molar-refractivity contribution in [2.24, 2.45) is 0 Å². The minimum atomic E-state index is -0.147. The summed E-state index contributed by atoms with van der Waals surface area (Å²) in [6.07, 6.45) is 3.08. The molecule has 4 rings (SSSR count). The van der Waals surface area contributed by atoms with Gasteiger partial charge in [-0.25, -0.2) is 4.39 Å². The fraction of sp³-hybridized carbons (Fsp3) is 0.400. The first-order valence-corrected chi connectivity index (χ1v) is 10.7. The molecule has 2 aromatic rings. The molecule has 0 aromatic heterocycles. The van der Waals surface area contributed by atoms with E-state index in [0.717, 1.165) is 37.5 Å². The van der Waals surface area contributed by atoms with E-state index >= 15 is 0 Å². The third kappa shape index (κ3) is 3.61. The molecule has 25 heavy (non-hydrogen) atoms. The molecule has 1 fully saturated rings. The van der Waals surface area contributed by atoms with Crippen molar-refractivity contribution in [3.63, 3.8) is 0 Å². The Morgan fingerprint density at radius 2 is 1.84 bits per heavy atom. The van der Waals surface area contributed by atoms with Crippen LogP contribution >= 0.6 is 23.5 Å². The highest BCUT2D eigenvalue weighted by Gasteiger charge is 2.29. The molecule has 0 unspecified atom stereocenters. The lowest BCUT2D eigenvalue weighted by Gasteiger charge is -2.38. The maximum absolute atomic E-state index is 13.8. The molecule has 2 aliphatic heterocycles. The van der Waals surface area contributed by atoms with Crippen molar-refractivity contribution in [2.75, 3.05) is 39.5 Å². The van der Waals surface area contributed by atoms with Crippen LogP contribution < -0.4 is 0 Å². The monoisotopic (exact) mass is 374 g/mol. The molecule has 0 radical (unpaired) electrons. The molecule has 0 saturated carbocycles. The van der Waals surface area contributed by atoms with Gasteiger partial charge in [0.1, 0.15) is 5.82 Å². The minimum absolute atomic E-state index is 0.147. The van der Waals surface area contributed by atoms with Crippen LogP contribution in [0.25, 0.3) is 0 Å². The maximum atomic E-state index is 13.8. The summed E-state index contributed by atoms with van der Waals surface area (Å²) in [5.41, 5.74) is 2.66.